The number of rotatable bonds is 2. The van der Waals surface area contributed by atoms with Crippen LogP contribution in [0.1, 0.15) is 66.2 Å². The van der Waals surface area contributed by atoms with Crippen molar-refractivity contribution in [2.24, 2.45) is 11.8 Å². The van der Waals surface area contributed by atoms with Crippen molar-refractivity contribution in [3.05, 3.63) is 100 Å². The monoisotopic (exact) mass is 676 g/mol. The van der Waals surface area contributed by atoms with Crippen LogP contribution in [0.2, 0.25) is 5.02 Å². The lowest BCUT2D eigenvalue weighted by Gasteiger charge is -2.45. The fourth-order valence-corrected chi connectivity index (χ4v) is 9.37. The van der Waals surface area contributed by atoms with Crippen LogP contribution in [0.5, 0.6) is 5.75 Å². The summed E-state index contributed by atoms with van der Waals surface area (Å²) < 4.78 is 37.8. The summed E-state index contributed by atoms with van der Waals surface area (Å²) in [5.41, 5.74) is 3.75. The molecule has 2 aromatic carbocycles. The zero-order chi connectivity index (χ0) is 32.8. The molecule has 1 saturated carbocycles. The first kappa shape index (κ1) is 32.1. The summed E-state index contributed by atoms with van der Waals surface area (Å²) in [6.07, 6.45) is 9.83. The molecule has 5 atom stereocenters. The third-order valence-corrected chi connectivity index (χ3v) is 12.3. The van der Waals surface area contributed by atoms with Crippen LogP contribution in [-0.4, -0.2) is 60.6 Å². The van der Waals surface area contributed by atoms with E-state index in [0.717, 1.165) is 42.8 Å². The summed E-state index contributed by atoms with van der Waals surface area (Å²) in [4.78, 5) is 20.3. The van der Waals surface area contributed by atoms with E-state index in [0.29, 0.717) is 37.6 Å². The van der Waals surface area contributed by atoms with Crippen molar-refractivity contribution in [1.29, 1.82) is 0 Å². The number of nitrogens with one attached hydrogen (secondary N) is 1. The van der Waals surface area contributed by atoms with Gasteiger partial charge in [0.2, 0.25) is 0 Å². The molecule has 2 aliphatic heterocycles. The normalized spacial score (nSPS) is 29.8. The number of nitrogens with zero attached hydrogens (tertiary/aromatic N) is 3. The summed E-state index contributed by atoms with van der Waals surface area (Å²) in [5, 5.41) is 12.0. The molecular formula is C36H41ClN4O5S. The number of fused-ring (bicyclic) bond motifs is 4. The van der Waals surface area contributed by atoms with E-state index in [9.17, 15) is 18.3 Å². The van der Waals surface area contributed by atoms with Crippen molar-refractivity contribution in [1.82, 2.24) is 14.0 Å². The minimum absolute atomic E-state index is 0.00765. The van der Waals surface area contributed by atoms with Crippen LogP contribution in [0.4, 0.5) is 5.69 Å². The van der Waals surface area contributed by atoms with E-state index in [1.165, 1.54) is 15.4 Å². The number of pyridine rings is 1. The second kappa shape index (κ2) is 12.9. The first-order valence-electron chi connectivity index (χ1n) is 16.5. The molecule has 0 saturated heterocycles. The standard InChI is InChI=1S/C36H41ClN4O5S/c1-24-6-4-9-33(42)30-13-10-27(30)20-40-22-36(16-5-7-25-18-28(37)12-14-31(25)36)23-46-34-15-11-26(19-32(34)40)35(43)39-47(44,45)41(24)21-29-8-2-3-17-38-29/h2-4,8-9,11-12,14-15,17-19,24,27,30,33,42H,5-7,10,13,16,20-23H2,1H3,(H,39,43)/b9-4-/t24-,27?,30-,33-,36?/m0/s1. The van der Waals surface area contributed by atoms with Crippen LogP contribution in [-0.2, 0) is 28.6 Å². The molecule has 1 spiro atoms. The van der Waals surface area contributed by atoms with Gasteiger partial charge < -0.3 is 14.7 Å². The highest BCUT2D eigenvalue weighted by Gasteiger charge is 2.44. The molecule has 11 heteroatoms. The van der Waals surface area contributed by atoms with Crippen LogP contribution in [0.25, 0.3) is 0 Å². The van der Waals surface area contributed by atoms with Gasteiger partial charge in [-0.3, -0.25) is 9.78 Å². The summed E-state index contributed by atoms with van der Waals surface area (Å²) in [6.45, 7) is 3.62. The highest BCUT2D eigenvalue weighted by atomic mass is 35.5. The summed E-state index contributed by atoms with van der Waals surface area (Å²) in [6, 6.07) is 16.1. The minimum atomic E-state index is -4.28. The number of benzene rings is 2. The summed E-state index contributed by atoms with van der Waals surface area (Å²) in [7, 11) is -4.28. The first-order valence-corrected chi connectivity index (χ1v) is 18.3. The number of hydrogen-bond acceptors (Lipinski definition) is 7. The number of carbonyl (C=O) groups excluding carboxylic acids is 1. The molecule has 248 valence electrons. The largest absolute Gasteiger partial charge is 0.490 e. The van der Waals surface area contributed by atoms with Gasteiger partial charge in [-0.25, -0.2) is 4.72 Å². The number of ether oxygens (including phenoxy) is 1. The van der Waals surface area contributed by atoms with Crippen molar-refractivity contribution < 1.29 is 23.1 Å². The van der Waals surface area contributed by atoms with E-state index in [1.807, 2.05) is 18.2 Å². The Balaban J connectivity index is 1.28. The second-order valence-electron chi connectivity index (χ2n) is 13.6. The molecule has 1 amide bonds. The van der Waals surface area contributed by atoms with Crippen molar-refractivity contribution >= 4 is 33.4 Å². The number of aromatic nitrogens is 1. The number of carbonyl (C=O) groups is 1. The smallest absolute Gasteiger partial charge is 0.304 e. The fraction of sp³-hybridized carbons (Fsp3) is 0.444. The van der Waals surface area contributed by atoms with Crippen LogP contribution >= 0.6 is 11.6 Å². The van der Waals surface area contributed by atoms with Crippen molar-refractivity contribution in [3.63, 3.8) is 0 Å². The van der Waals surface area contributed by atoms with E-state index in [-0.39, 0.29) is 29.4 Å². The van der Waals surface area contributed by atoms with Gasteiger partial charge in [0, 0.05) is 41.3 Å². The average Bonchev–Trinajstić information content (AvgIpc) is 3.18. The van der Waals surface area contributed by atoms with E-state index in [2.05, 4.69) is 26.7 Å². The highest BCUT2D eigenvalue weighted by molar-refractivity contribution is 7.87. The molecule has 9 nitrogen and oxygen atoms in total. The fourth-order valence-electron chi connectivity index (χ4n) is 7.85. The number of halogens is 1. The molecule has 4 aliphatic rings. The minimum Gasteiger partial charge on any atom is -0.490 e. The molecule has 47 heavy (non-hydrogen) atoms. The van der Waals surface area contributed by atoms with Crippen molar-refractivity contribution in [3.8, 4) is 5.75 Å². The molecule has 3 aromatic rings. The van der Waals surface area contributed by atoms with Gasteiger partial charge in [0.15, 0.2) is 0 Å². The summed E-state index contributed by atoms with van der Waals surface area (Å²) >= 11 is 6.41. The number of amides is 1. The van der Waals surface area contributed by atoms with Crippen LogP contribution < -0.4 is 14.4 Å². The molecule has 2 unspecified atom stereocenters. The van der Waals surface area contributed by atoms with E-state index >= 15 is 0 Å². The lowest BCUT2D eigenvalue weighted by molar-refractivity contribution is 0.0455. The summed E-state index contributed by atoms with van der Waals surface area (Å²) in [5.74, 6) is 0.275. The maximum atomic E-state index is 13.8. The number of aliphatic hydroxyl groups excluding tert-OH is 1. The predicted octanol–water partition coefficient (Wildman–Crippen LogP) is 5.42. The molecular weight excluding hydrogens is 636 g/mol. The lowest BCUT2D eigenvalue weighted by Crippen LogP contribution is -2.49. The lowest BCUT2D eigenvalue weighted by atomic mass is 9.68. The van der Waals surface area contributed by atoms with Gasteiger partial charge in [-0.05, 0) is 111 Å². The Bertz CT molecular complexity index is 1790. The predicted molar refractivity (Wildman–Crippen MR) is 182 cm³/mol. The molecule has 1 aromatic heterocycles. The Morgan fingerprint density at radius 3 is 2.81 bits per heavy atom. The first-order chi connectivity index (χ1) is 22.6. The van der Waals surface area contributed by atoms with Gasteiger partial charge in [0.05, 0.1) is 30.6 Å². The molecule has 7 rings (SSSR count). The SMILES string of the molecule is C[C@H]1C/C=C\[C@H](O)[C@H]2CCC2CN2CC3(CCCc4cc(Cl)ccc43)COc3ccc(cc32)C(=O)NS(=O)(=O)N1Cc1ccccn1. The third kappa shape index (κ3) is 6.40. The average molecular weight is 677 g/mol. The topological polar surface area (TPSA) is 112 Å². The van der Waals surface area contributed by atoms with Crippen LogP contribution in [0.3, 0.4) is 0 Å². The van der Waals surface area contributed by atoms with Crippen LogP contribution in [0, 0.1) is 11.8 Å². The van der Waals surface area contributed by atoms with Gasteiger partial charge in [0.25, 0.3) is 5.91 Å². The molecule has 2 aliphatic carbocycles. The van der Waals surface area contributed by atoms with E-state index < -0.39 is 28.3 Å². The highest BCUT2D eigenvalue weighted by Crippen LogP contribution is 2.46. The molecule has 2 bridgehead atoms. The Morgan fingerprint density at radius 1 is 1.15 bits per heavy atom. The number of hydrogen-bond donors (Lipinski definition) is 2. The van der Waals surface area contributed by atoms with Gasteiger partial charge in [0.1, 0.15) is 5.75 Å². The molecule has 0 radical (unpaired) electrons. The maximum Gasteiger partial charge on any atom is 0.304 e. The zero-order valence-electron chi connectivity index (χ0n) is 26.5. The number of anilines is 1. The van der Waals surface area contributed by atoms with Crippen molar-refractivity contribution in [2.45, 2.75) is 69.6 Å². The molecule has 3 heterocycles. The maximum absolute atomic E-state index is 13.8. The van der Waals surface area contributed by atoms with Gasteiger partial charge in [-0.15, -0.1) is 0 Å². The second-order valence-corrected chi connectivity index (χ2v) is 15.7. The molecule has 1 fully saturated rings. The third-order valence-electron chi connectivity index (χ3n) is 10.5. The van der Waals surface area contributed by atoms with E-state index in [4.69, 9.17) is 16.3 Å². The van der Waals surface area contributed by atoms with Gasteiger partial charge in [-0.2, -0.15) is 12.7 Å². The Kier molecular flexibility index (Phi) is 8.80. The molecule has 2 N–H and O–H groups in total. The van der Waals surface area contributed by atoms with E-state index in [1.54, 1.807) is 49.5 Å². The Labute approximate surface area is 281 Å². The van der Waals surface area contributed by atoms with Gasteiger partial charge in [-0.1, -0.05) is 35.9 Å². The Morgan fingerprint density at radius 2 is 2.02 bits per heavy atom. The van der Waals surface area contributed by atoms with Gasteiger partial charge >= 0.3 is 10.2 Å². The number of aliphatic hydroxyl groups is 1. The quantitative estimate of drug-likeness (QED) is 0.349. The Hall–Kier alpha value is -3.44. The number of aryl methyl sites for hydroxylation is 1. The van der Waals surface area contributed by atoms with Crippen molar-refractivity contribution in [2.75, 3.05) is 24.6 Å². The van der Waals surface area contributed by atoms with Crippen LogP contribution in [0.15, 0.2) is 72.9 Å². The zero-order valence-corrected chi connectivity index (χ0v) is 28.1.